The molecule has 2 N–H and O–H groups in total. The Bertz CT molecular complexity index is 125. The average Bonchev–Trinajstić information content (AvgIpc) is 2.39. The van der Waals surface area contributed by atoms with Gasteiger partial charge in [0, 0.05) is 7.11 Å². The van der Waals surface area contributed by atoms with Gasteiger partial charge in [0.1, 0.15) is 12.1 Å². The van der Waals surface area contributed by atoms with Gasteiger partial charge in [-0.25, -0.2) is 0 Å². The summed E-state index contributed by atoms with van der Waals surface area (Å²) in [5, 5.41) is 11.3. The third kappa shape index (κ3) is 1.27. The van der Waals surface area contributed by atoms with E-state index in [2.05, 4.69) is 10.1 Å². The van der Waals surface area contributed by atoms with Crippen molar-refractivity contribution in [2.45, 2.75) is 12.1 Å². The van der Waals surface area contributed by atoms with Crippen LogP contribution in [0.2, 0.25) is 0 Å². The van der Waals surface area contributed by atoms with Crippen LogP contribution in [-0.2, 0) is 9.53 Å². The highest BCUT2D eigenvalue weighted by molar-refractivity contribution is 6.05. The maximum atomic E-state index is 10.4. The zero-order valence-electron chi connectivity index (χ0n) is 5.13. The molecule has 1 saturated carbocycles. The first kappa shape index (κ1) is 6.67. The molecular formula is C5H9NO3. The second kappa shape index (κ2) is 2.43. The maximum absolute atomic E-state index is 10.4. The summed E-state index contributed by atoms with van der Waals surface area (Å²) in [7, 11) is 1.52. The van der Waals surface area contributed by atoms with Gasteiger partial charge in [-0.2, -0.15) is 0 Å². The highest BCUT2D eigenvalue weighted by atomic mass is 16.5. The first-order valence-electron chi connectivity index (χ1n) is 2.71. The van der Waals surface area contributed by atoms with Crippen molar-refractivity contribution in [1.82, 2.24) is 5.32 Å². The van der Waals surface area contributed by atoms with Gasteiger partial charge in [-0.15, -0.1) is 0 Å². The van der Waals surface area contributed by atoms with Gasteiger partial charge in [-0.05, 0) is 0 Å². The van der Waals surface area contributed by atoms with E-state index in [-0.39, 0.29) is 11.8 Å². The Labute approximate surface area is 52.8 Å². The second-order valence-electron chi connectivity index (χ2n) is 1.96. The molecule has 2 unspecified atom stereocenters. The summed E-state index contributed by atoms with van der Waals surface area (Å²) in [6, 6.07) is -0.370. The molecule has 0 spiro atoms. The van der Waals surface area contributed by atoms with Crippen molar-refractivity contribution in [3.8, 4) is 0 Å². The first-order chi connectivity index (χ1) is 4.27. The summed E-state index contributed by atoms with van der Waals surface area (Å²) in [6.07, 6.45) is -0.792. The Kier molecular flexibility index (Phi) is 1.80. The topological polar surface area (TPSA) is 58.6 Å². The van der Waals surface area contributed by atoms with E-state index < -0.39 is 6.10 Å². The van der Waals surface area contributed by atoms with E-state index >= 15 is 0 Å². The molecule has 0 radical (unpaired) electrons. The molecule has 52 valence electrons. The number of Topliss-reactive ketones (excluding diaryl/α,β-unsaturated/α-hetero) is 1. The molecule has 4 heteroatoms. The van der Waals surface area contributed by atoms with E-state index in [0.717, 1.165) is 0 Å². The summed E-state index contributed by atoms with van der Waals surface area (Å²) < 4.78 is 4.61. The fourth-order valence-corrected chi connectivity index (χ4v) is 0.612. The SMILES string of the molecule is COCNC1C(=O)C1O. The number of ketones is 1. The Morgan fingerprint density at radius 1 is 1.89 bits per heavy atom. The summed E-state index contributed by atoms with van der Waals surface area (Å²) in [6.45, 7) is 0.313. The third-order valence-electron chi connectivity index (χ3n) is 1.25. The number of ether oxygens (including phenoxy) is 1. The van der Waals surface area contributed by atoms with Crippen LogP contribution < -0.4 is 5.32 Å². The quantitative estimate of drug-likeness (QED) is 0.457. The van der Waals surface area contributed by atoms with Crippen LogP contribution in [0.25, 0.3) is 0 Å². The van der Waals surface area contributed by atoms with Crippen LogP contribution in [0.15, 0.2) is 0 Å². The van der Waals surface area contributed by atoms with Crippen molar-refractivity contribution in [2.24, 2.45) is 0 Å². The van der Waals surface area contributed by atoms with Gasteiger partial charge in [0.25, 0.3) is 0 Å². The van der Waals surface area contributed by atoms with E-state index in [9.17, 15) is 4.79 Å². The Hall–Kier alpha value is -0.450. The van der Waals surface area contributed by atoms with E-state index in [1.807, 2.05) is 0 Å². The normalized spacial score (nSPS) is 32.9. The lowest BCUT2D eigenvalue weighted by Gasteiger charge is -1.95. The van der Waals surface area contributed by atoms with Crippen LogP contribution >= 0.6 is 0 Å². The fourth-order valence-electron chi connectivity index (χ4n) is 0.612. The number of hydrogen-bond donors (Lipinski definition) is 2. The minimum Gasteiger partial charge on any atom is -0.383 e. The largest absolute Gasteiger partial charge is 0.383 e. The number of aliphatic hydroxyl groups excluding tert-OH is 1. The Balaban J connectivity index is 2.11. The van der Waals surface area contributed by atoms with Gasteiger partial charge in [0.2, 0.25) is 0 Å². The summed E-state index contributed by atoms with van der Waals surface area (Å²) in [5.74, 6) is -0.146. The van der Waals surface area contributed by atoms with Gasteiger partial charge in [0.05, 0.1) is 6.73 Å². The molecule has 1 aliphatic carbocycles. The summed E-state index contributed by atoms with van der Waals surface area (Å²) in [4.78, 5) is 10.4. The van der Waals surface area contributed by atoms with E-state index in [1.165, 1.54) is 7.11 Å². The van der Waals surface area contributed by atoms with Crippen molar-refractivity contribution >= 4 is 5.78 Å². The van der Waals surface area contributed by atoms with E-state index in [1.54, 1.807) is 0 Å². The molecule has 9 heavy (non-hydrogen) atoms. The molecule has 0 bridgehead atoms. The zero-order chi connectivity index (χ0) is 6.85. The Morgan fingerprint density at radius 2 is 2.44 bits per heavy atom. The monoisotopic (exact) mass is 131 g/mol. The average molecular weight is 131 g/mol. The van der Waals surface area contributed by atoms with Gasteiger partial charge < -0.3 is 9.84 Å². The molecule has 0 aromatic heterocycles. The summed E-state index contributed by atoms with van der Waals surface area (Å²) >= 11 is 0. The predicted octanol–water partition coefficient (Wildman–Crippen LogP) is -1.51. The number of hydrogen-bond acceptors (Lipinski definition) is 4. The van der Waals surface area contributed by atoms with E-state index in [4.69, 9.17) is 5.11 Å². The molecule has 1 rings (SSSR count). The van der Waals surface area contributed by atoms with Crippen molar-refractivity contribution in [2.75, 3.05) is 13.8 Å². The van der Waals surface area contributed by atoms with Crippen LogP contribution in [0.4, 0.5) is 0 Å². The molecule has 1 fully saturated rings. The van der Waals surface area contributed by atoms with Crippen molar-refractivity contribution in [1.29, 1.82) is 0 Å². The van der Waals surface area contributed by atoms with Crippen LogP contribution in [0, 0.1) is 0 Å². The minimum atomic E-state index is -0.792. The lowest BCUT2D eigenvalue weighted by molar-refractivity contribution is -0.112. The minimum absolute atomic E-state index is 0.146. The molecule has 2 atom stereocenters. The lowest BCUT2D eigenvalue weighted by atomic mass is 10.7. The van der Waals surface area contributed by atoms with Crippen LogP contribution in [0.1, 0.15) is 0 Å². The predicted molar refractivity (Wildman–Crippen MR) is 29.8 cm³/mol. The number of aliphatic hydroxyl groups is 1. The highest BCUT2D eigenvalue weighted by Gasteiger charge is 2.47. The summed E-state index contributed by atoms with van der Waals surface area (Å²) in [5.41, 5.74) is 0. The maximum Gasteiger partial charge on any atom is 0.183 e. The molecule has 0 aromatic rings. The van der Waals surface area contributed by atoms with Gasteiger partial charge in [-0.1, -0.05) is 0 Å². The van der Waals surface area contributed by atoms with Crippen LogP contribution in [-0.4, -0.2) is 36.9 Å². The van der Waals surface area contributed by atoms with Crippen molar-refractivity contribution in [3.05, 3.63) is 0 Å². The second-order valence-corrected chi connectivity index (χ2v) is 1.96. The number of methoxy groups -OCH3 is 1. The Morgan fingerprint density at radius 3 is 2.78 bits per heavy atom. The van der Waals surface area contributed by atoms with Gasteiger partial charge in [-0.3, -0.25) is 10.1 Å². The first-order valence-corrected chi connectivity index (χ1v) is 2.71. The molecule has 0 saturated heterocycles. The number of carbonyl (C=O) groups is 1. The lowest BCUT2D eigenvalue weighted by Crippen LogP contribution is -2.22. The fraction of sp³-hybridized carbons (Fsp3) is 0.800. The third-order valence-corrected chi connectivity index (χ3v) is 1.25. The zero-order valence-corrected chi connectivity index (χ0v) is 5.13. The number of rotatable bonds is 3. The van der Waals surface area contributed by atoms with Crippen molar-refractivity contribution < 1.29 is 14.6 Å². The number of nitrogens with one attached hydrogen (secondary N) is 1. The van der Waals surface area contributed by atoms with E-state index in [0.29, 0.717) is 6.73 Å². The van der Waals surface area contributed by atoms with Crippen LogP contribution in [0.3, 0.4) is 0 Å². The molecular weight excluding hydrogens is 122 g/mol. The smallest absolute Gasteiger partial charge is 0.183 e. The van der Waals surface area contributed by atoms with Crippen molar-refractivity contribution in [3.63, 3.8) is 0 Å². The standard InChI is InChI=1S/C5H9NO3/c1-9-2-6-3-4(7)5(3)8/h3-4,6-7H,2H2,1H3. The molecule has 4 nitrogen and oxygen atoms in total. The number of carbonyl (C=O) groups excluding carboxylic acids is 1. The van der Waals surface area contributed by atoms with Gasteiger partial charge in [0.15, 0.2) is 5.78 Å². The molecule has 0 aromatic carbocycles. The van der Waals surface area contributed by atoms with Gasteiger partial charge >= 0.3 is 0 Å². The highest BCUT2D eigenvalue weighted by Crippen LogP contribution is 2.14. The van der Waals surface area contributed by atoms with Crippen LogP contribution in [0.5, 0.6) is 0 Å². The molecule has 0 heterocycles. The molecule has 1 aliphatic rings. The molecule has 0 aliphatic heterocycles. The molecule has 0 amide bonds.